The molecule has 9 rings (SSSR count). The van der Waals surface area contributed by atoms with E-state index in [-0.39, 0.29) is 0 Å². The summed E-state index contributed by atoms with van der Waals surface area (Å²) in [6.45, 7) is 4.48. The largest absolute Gasteiger partial charge is 0.371 e. The second-order valence-corrected chi connectivity index (χ2v) is 12.5. The van der Waals surface area contributed by atoms with Gasteiger partial charge in [0.2, 0.25) is 0 Å². The topological polar surface area (TPSA) is 84.7 Å². The van der Waals surface area contributed by atoms with E-state index in [0.29, 0.717) is 23.9 Å². The van der Waals surface area contributed by atoms with Gasteiger partial charge in [0.1, 0.15) is 11.6 Å². The highest BCUT2D eigenvalue weighted by molar-refractivity contribution is 5.74. The SMILES string of the molecule is c1nc(C2CCCN2)[nH]c1-c1ccc(N2CCC(c3cnc(C4CCCN4)[nH]3)CC2)c2c1C1CCC2CC1. The van der Waals surface area contributed by atoms with Gasteiger partial charge in [-0.15, -0.1) is 0 Å². The third-order valence-electron chi connectivity index (χ3n) is 10.4. The summed E-state index contributed by atoms with van der Waals surface area (Å²) >= 11 is 0. The summed E-state index contributed by atoms with van der Waals surface area (Å²) in [6, 6.07) is 5.67. The molecule has 4 N–H and O–H groups in total. The van der Waals surface area contributed by atoms with Crippen LogP contribution in [0.3, 0.4) is 0 Å². The smallest absolute Gasteiger partial charge is 0.123 e. The number of benzene rings is 1. The number of piperidine rings is 1. The van der Waals surface area contributed by atoms with Crippen molar-refractivity contribution >= 4 is 5.69 Å². The van der Waals surface area contributed by atoms with Crippen molar-refractivity contribution in [1.29, 1.82) is 0 Å². The number of imidazole rings is 2. The summed E-state index contributed by atoms with van der Waals surface area (Å²) in [5, 5.41) is 7.18. The summed E-state index contributed by atoms with van der Waals surface area (Å²) in [4.78, 5) is 19.7. The number of hydrogen-bond acceptors (Lipinski definition) is 5. The minimum atomic E-state index is 0.386. The molecule has 3 aliphatic carbocycles. The van der Waals surface area contributed by atoms with Crippen molar-refractivity contribution in [3.63, 3.8) is 0 Å². The van der Waals surface area contributed by atoms with Gasteiger partial charge >= 0.3 is 0 Å². The van der Waals surface area contributed by atoms with Crippen LogP contribution in [0.2, 0.25) is 0 Å². The Balaban J connectivity index is 1.05. The van der Waals surface area contributed by atoms with E-state index < -0.39 is 0 Å². The lowest BCUT2D eigenvalue weighted by Gasteiger charge is -2.43. The van der Waals surface area contributed by atoms with Crippen LogP contribution >= 0.6 is 0 Å². The number of H-pyrrole nitrogens is 2. The maximum atomic E-state index is 4.82. The van der Waals surface area contributed by atoms with Crippen molar-refractivity contribution in [3.8, 4) is 11.3 Å². The van der Waals surface area contributed by atoms with Gasteiger partial charge in [0.15, 0.2) is 0 Å². The molecule has 0 spiro atoms. The van der Waals surface area contributed by atoms with Crippen LogP contribution < -0.4 is 15.5 Å². The fourth-order valence-corrected chi connectivity index (χ4v) is 8.33. The molecule has 3 aliphatic heterocycles. The van der Waals surface area contributed by atoms with Gasteiger partial charge in [-0.25, -0.2) is 9.97 Å². The van der Waals surface area contributed by atoms with Gasteiger partial charge in [-0.3, -0.25) is 0 Å². The van der Waals surface area contributed by atoms with Crippen LogP contribution in [0.4, 0.5) is 5.69 Å². The fourth-order valence-electron chi connectivity index (χ4n) is 8.33. The maximum Gasteiger partial charge on any atom is 0.123 e. The molecule has 4 fully saturated rings. The van der Waals surface area contributed by atoms with Crippen LogP contribution in [-0.4, -0.2) is 46.1 Å². The Hall–Kier alpha value is -2.64. The van der Waals surface area contributed by atoms with E-state index in [1.165, 1.54) is 86.8 Å². The minimum Gasteiger partial charge on any atom is -0.371 e. The summed E-state index contributed by atoms with van der Waals surface area (Å²) in [6.07, 6.45) is 16.9. The minimum absolute atomic E-state index is 0.386. The van der Waals surface area contributed by atoms with E-state index >= 15 is 0 Å². The average molecular weight is 512 g/mol. The van der Waals surface area contributed by atoms with Crippen LogP contribution in [0.15, 0.2) is 24.5 Å². The van der Waals surface area contributed by atoms with Crippen molar-refractivity contribution < 1.29 is 0 Å². The van der Waals surface area contributed by atoms with Crippen molar-refractivity contribution in [3.05, 3.63) is 53.0 Å². The molecule has 2 bridgehead atoms. The van der Waals surface area contributed by atoms with Gasteiger partial charge in [-0.05, 0) is 106 Å². The van der Waals surface area contributed by atoms with Crippen LogP contribution in [0, 0.1) is 0 Å². The second kappa shape index (κ2) is 9.53. The second-order valence-electron chi connectivity index (χ2n) is 12.5. The number of nitrogens with one attached hydrogen (secondary N) is 4. The molecule has 1 aromatic carbocycles. The molecule has 1 saturated carbocycles. The standard InChI is InChI=1S/C31H41N7/c1-3-23(32-13-1)30-34-17-25(36-30)19-11-15-38(16-12-19)27-10-9-22(28-20-5-7-21(8-6-20)29(27)28)26-18-35-31(37-26)24-4-2-14-33-24/h9-10,17-21,23-24,32-33H,1-8,11-16H2,(H,34,36)(H,35,37). The first-order chi connectivity index (χ1) is 18.8. The van der Waals surface area contributed by atoms with Crippen LogP contribution in [0.5, 0.6) is 0 Å². The zero-order chi connectivity index (χ0) is 25.1. The Morgan fingerprint density at radius 3 is 2.00 bits per heavy atom. The number of aromatic nitrogens is 4. The molecule has 7 nitrogen and oxygen atoms in total. The van der Waals surface area contributed by atoms with Gasteiger partial charge in [0.05, 0.1) is 24.0 Å². The normalized spacial score (nSPS) is 29.3. The first-order valence-electron chi connectivity index (χ1n) is 15.3. The number of rotatable bonds is 5. The molecule has 0 amide bonds. The molecule has 2 aromatic heterocycles. The molecular weight excluding hydrogens is 470 g/mol. The third-order valence-corrected chi connectivity index (χ3v) is 10.4. The Bertz CT molecular complexity index is 1280. The van der Waals surface area contributed by atoms with Gasteiger partial charge in [0.25, 0.3) is 0 Å². The van der Waals surface area contributed by atoms with Gasteiger partial charge in [0, 0.05) is 42.1 Å². The first-order valence-corrected chi connectivity index (χ1v) is 15.3. The number of aromatic amines is 2. The average Bonchev–Trinajstić information content (AvgIpc) is 3.80. The Morgan fingerprint density at radius 1 is 0.658 bits per heavy atom. The number of anilines is 1. The van der Waals surface area contributed by atoms with Crippen molar-refractivity contribution in [2.24, 2.45) is 0 Å². The molecule has 200 valence electrons. The molecule has 7 heteroatoms. The van der Waals surface area contributed by atoms with Crippen molar-refractivity contribution in [1.82, 2.24) is 30.6 Å². The Kier molecular flexibility index (Phi) is 5.83. The number of hydrogen-bond donors (Lipinski definition) is 4. The van der Waals surface area contributed by atoms with Gasteiger partial charge in [-0.1, -0.05) is 6.07 Å². The predicted octanol–water partition coefficient (Wildman–Crippen LogP) is 5.79. The summed E-state index contributed by atoms with van der Waals surface area (Å²) in [7, 11) is 0. The molecule has 3 saturated heterocycles. The third kappa shape index (κ3) is 3.92. The highest BCUT2D eigenvalue weighted by atomic mass is 15.1. The molecule has 2 unspecified atom stereocenters. The lowest BCUT2D eigenvalue weighted by molar-refractivity contribution is 0.358. The number of nitrogens with zero attached hydrogens (tertiary/aromatic N) is 3. The molecule has 3 aromatic rings. The lowest BCUT2D eigenvalue weighted by Crippen LogP contribution is -2.35. The lowest BCUT2D eigenvalue weighted by atomic mass is 9.65. The molecule has 2 atom stereocenters. The molecule has 38 heavy (non-hydrogen) atoms. The van der Waals surface area contributed by atoms with E-state index in [1.54, 1.807) is 11.1 Å². The predicted molar refractivity (Wildman–Crippen MR) is 151 cm³/mol. The Labute approximate surface area is 225 Å². The molecular formula is C31H41N7. The molecule has 0 radical (unpaired) electrons. The first kappa shape index (κ1) is 23.3. The summed E-state index contributed by atoms with van der Waals surface area (Å²) in [5.74, 6) is 4.27. The van der Waals surface area contributed by atoms with Crippen molar-refractivity contribution in [2.75, 3.05) is 31.1 Å². The molecule has 6 aliphatic rings. The van der Waals surface area contributed by atoms with E-state index in [4.69, 9.17) is 9.97 Å². The van der Waals surface area contributed by atoms with E-state index in [1.807, 2.05) is 0 Å². The summed E-state index contributed by atoms with van der Waals surface area (Å²) < 4.78 is 0. The molecule has 5 heterocycles. The van der Waals surface area contributed by atoms with E-state index in [0.717, 1.165) is 43.7 Å². The van der Waals surface area contributed by atoms with Crippen LogP contribution in [-0.2, 0) is 0 Å². The van der Waals surface area contributed by atoms with Crippen molar-refractivity contribution in [2.45, 2.75) is 94.0 Å². The van der Waals surface area contributed by atoms with E-state index in [2.05, 4.69) is 50.0 Å². The van der Waals surface area contributed by atoms with Gasteiger partial charge in [-0.2, -0.15) is 0 Å². The zero-order valence-electron chi connectivity index (χ0n) is 22.4. The van der Waals surface area contributed by atoms with E-state index in [9.17, 15) is 0 Å². The summed E-state index contributed by atoms with van der Waals surface area (Å²) in [5.41, 5.74) is 8.81. The fraction of sp³-hybridized carbons (Fsp3) is 0.613. The van der Waals surface area contributed by atoms with Crippen LogP contribution in [0.25, 0.3) is 11.3 Å². The zero-order valence-corrected chi connectivity index (χ0v) is 22.4. The van der Waals surface area contributed by atoms with Crippen LogP contribution in [0.1, 0.15) is 123 Å². The monoisotopic (exact) mass is 511 g/mol. The van der Waals surface area contributed by atoms with Gasteiger partial charge < -0.3 is 25.5 Å². The Morgan fingerprint density at radius 2 is 1.32 bits per heavy atom. The quantitative estimate of drug-likeness (QED) is 0.349. The highest BCUT2D eigenvalue weighted by Gasteiger charge is 2.38. The maximum absolute atomic E-state index is 4.82. The number of fused-ring (bicyclic) bond motifs is 2. The highest BCUT2D eigenvalue weighted by Crippen LogP contribution is 2.55.